The van der Waals surface area contributed by atoms with Crippen molar-refractivity contribution in [2.45, 2.75) is 20.3 Å². The van der Waals surface area contributed by atoms with Gasteiger partial charge in [-0.25, -0.2) is 9.97 Å². The predicted molar refractivity (Wildman–Crippen MR) is 67.7 cm³/mol. The minimum absolute atomic E-state index is 0.205. The number of ether oxygens (including phenoxy) is 2. The molecule has 0 aliphatic carbocycles. The van der Waals surface area contributed by atoms with Crippen molar-refractivity contribution in [2.24, 2.45) is 0 Å². The van der Waals surface area contributed by atoms with Gasteiger partial charge in [0.05, 0.1) is 19.6 Å². The molecule has 1 aromatic heterocycles. The lowest BCUT2D eigenvalue weighted by atomic mass is 10.4. The number of carbonyl (C=O) groups excluding carboxylic acids is 1. The largest absolute Gasteiger partial charge is 0.478 e. The van der Waals surface area contributed by atoms with E-state index in [-0.39, 0.29) is 5.97 Å². The predicted octanol–water partition coefficient (Wildman–Crippen LogP) is 1.26. The van der Waals surface area contributed by atoms with Gasteiger partial charge >= 0.3 is 5.97 Å². The maximum absolute atomic E-state index is 11.2. The van der Waals surface area contributed by atoms with E-state index >= 15 is 0 Å². The van der Waals surface area contributed by atoms with Crippen molar-refractivity contribution in [3.05, 3.63) is 12.4 Å². The maximum atomic E-state index is 11.2. The molecule has 0 spiro atoms. The van der Waals surface area contributed by atoms with Crippen molar-refractivity contribution < 1.29 is 14.3 Å². The van der Waals surface area contributed by atoms with Gasteiger partial charge in [0.1, 0.15) is 12.1 Å². The molecule has 0 saturated heterocycles. The fourth-order valence-corrected chi connectivity index (χ4v) is 1.37. The minimum Gasteiger partial charge on any atom is -0.478 e. The molecule has 18 heavy (non-hydrogen) atoms. The van der Waals surface area contributed by atoms with Crippen LogP contribution in [-0.2, 0) is 9.53 Å². The monoisotopic (exact) mass is 253 g/mol. The molecule has 0 amide bonds. The zero-order valence-electron chi connectivity index (χ0n) is 11.0. The highest BCUT2D eigenvalue weighted by molar-refractivity contribution is 5.70. The smallest absolute Gasteiger partial charge is 0.307 e. The topological polar surface area (TPSA) is 64.5 Å². The van der Waals surface area contributed by atoms with Gasteiger partial charge in [0.25, 0.3) is 0 Å². The van der Waals surface area contributed by atoms with Gasteiger partial charge in [0.2, 0.25) is 5.88 Å². The molecule has 0 aromatic carbocycles. The van der Waals surface area contributed by atoms with Crippen LogP contribution in [0.3, 0.4) is 0 Å². The van der Waals surface area contributed by atoms with Gasteiger partial charge in [-0.05, 0) is 13.8 Å². The first-order valence-corrected chi connectivity index (χ1v) is 5.99. The zero-order valence-corrected chi connectivity index (χ0v) is 11.0. The fraction of sp³-hybridized carbons (Fsp3) is 0.583. The van der Waals surface area contributed by atoms with Crippen LogP contribution in [-0.4, -0.2) is 42.7 Å². The van der Waals surface area contributed by atoms with Crippen LogP contribution in [0, 0.1) is 0 Å². The van der Waals surface area contributed by atoms with Gasteiger partial charge < -0.3 is 14.4 Å². The Hall–Kier alpha value is -1.85. The quantitative estimate of drug-likeness (QED) is 0.682. The molecule has 100 valence electrons. The molecule has 6 nitrogen and oxygen atoms in total. The number of aromatic nitrogens is 2. The van der Waals surface area contributed by atoms with Crippen LogP contribution in [0.4, 0.5) is 5.82 Å². The van der Waals surface area contributed by atoms with Crippen LogP contribution in [0.2, 0.25) is 0 Å². The van der Waals surface area contributed by atoms with E-state index in [4.69, 9.17) is 9.47 Å². The lowest BCUT2D eigenvalue weighted by Crippen LogP contribution is -2.23. The maximum Gasteiger partial charge on any atom is 0.307 e. The highest BCUT2D eigenvalue weighted by Crippen LogP contribution is 2.14. The number of anilines is 1. The van der Waals surface area contributed by atoms with Gasteiger partial charge in [-0.1, -0.05) is 0 Å². The van der Waals surface area contributed by atoms with Crippen molar-refractivity contribution in [1.82, 2.24) is 9.97 Å². The van der Waals surface area contributed by atoms with Crippen LogP contribution >= 0.6 is 0 Å². The number of hydrogen-bond acceptors (Lipinski definition) is 6. The average molecular weight is 253 g/mol. The fourth-order valence-electron chi connectivity index (χ4n) is 1.37. The SMILES string of the molecule is CCOC(=O)CCN(C)c1cc(OCC)ncn1. The summed E-state index contributed by atoms with van der Waals surface area (Å²) in [5.41, 5.74) is 0. The summed E-state index contributed by atoms with van der Waals surface area (Å²) >= 11 is 0. The van der Waals surface area contributed by atoms with E-state index in [9.17, 15) is 4.79 Å². The summed E-state index contributed by atoms with van der Waals surface area (Å²) in [6.07, 6.45) is 1.78. The third-order valence-corrected chi connectivity index (χ3v) is 2.27. The van der Waals surface area contributed by atoms with E-state index < -0.39 is 0 Å². The summed E-state index contributed by atoms with van der Waals surface area (Å²) in [6, 6.07) is 1.74. The van der Waals surface area contributed by atoms with E-state index in [1.807, 2.05) is 18.9 Å². The molecule has 1 rings (SSSR count). The Balaban J connectivity index is 2.52. The second-order valence-corrected chi connectivity index (χ2v) is 3.62. The molecule has 0 aliphatic heterocycles. The third-order valence-electron chi connectivity index (χ3n) is 2.27. The summed E-state index contributed by atoms with van der Waals surface area (Å²) in [7, 11) is 1.86. The molecular formula is C12H19N3O3. The molecule has 6 heteroatoms. The normalized spacial score (nSPS) is 9.94. The number of esters is 1. The molecule has 0 aliphatic rings. The average Bonchev–Trinajstić information content (AvgIpc) is 2.37. The van der Waals surface area contributed by atoms with Gasteiger partial charge in [-0.15, -0.1) is 0 Å². The molecule has 0 N–H and O–H groups in total. The highest BCUT2D eigenvalue weighted by atomic mass is 16.5. The van der Waals surface area contributed by atoms with E-state index in [1.165, 1.54) is 6.33 Å². The summed E-state index contributed by atoms with van der Waals surface area (Å²) in [6.45, 7) is 5.20. The van der Waals surface area contributed by atoms with Crippen molar-refractivity contribution in [1.29, 1.82) is 0 Å². The minimum atomic E-state index is -0.205. The van der Waals surface area contributed by atoms with E-state index in [2.05, 4.69) is 9.97 Å². The van der Waals surface area contributed by atoms with Gasteiger partial charge in [-0.2, -0.15) is 0 Å². The summed E-state index contributed by atoms with van der Waals surface area (Å²) in [5.74, 6) is 1.05. The Morgan fingerprint density at radius 3 is 2.78 bits per heavy atom. The third kappa shape index (κ3) is 4.57. The Morgan fingerprint density at radius 1 is 1.33 bits per heavy atom. The van der Waals surface area contributed by atoms with E-state index in [0.717, 1.165) is 5.82 Å². The van der Waals surface area contributed by atoms with Crippen molar-refractivity contribution in [2.75, 3.05) is 31.7 Å². The first-order chi connectivity index (χ1) is 8.67. The van der Waals surface area contributed by atoms with Gasteiger partial charge in [0.15, 0.2) is 0 Å². The summed E-state index contributed by atoms with van der Waals surface area (Å²) in [5, 5.41) is 0. The highest BCUT2D eigenvalue weighted by Gasteiger charge is 2.08. The molecule has 1 heterocycles. The molecule has 0 saturated carbocycles. The number of hydrogen-bond donors (Lipinski definition) is 0. The van der Waals surface area contributed by atoms with E-state index in [1.54, 1.807) is 13.0 Å². The standard InChI is InChI=1S/C12H19N3O3/c1-4-17-11-8-10(13-9-14-11)15(3)7-6-12(16)18-5-2/h8-9H,4-7H2,1-3H3. The van der Waals surface area contributed by atoms with Crippen LogP contribution < -0.4 is 9.64 Å². The molecule has 1 aromatic rings. The molecule has 0 atom stereocenters. The summed E-state index contributed by atoms with van der Waals surface area (Å²) < 4.78 is 10.2. The Morgan fingerprint density at radius 2 is 2.11 bits per heavy atom. The molecular weight excluding hydrogens is 234 g/mol. The Bertz CT molecular complexity index is 385. The number of carbonyl (C=O) groups is 1. The summed E-state index contributed by atoms with van der Waals surface area (Å²) in [4.78, 5) is 21.2. The lowest BCUT2D eigenvalue weighted by molar-refractivity contribution is -0.142. The first kappa shape index (κ1) is 14.2. The van der Waals surface area contributed by atoms with Crippen LogP contribution in [0.25, 0.3) is 0 Å². The van der Waals surface area contributed by atoms with Gasteiger partial charge in [0, 0.05) is 19.7 Å². The van der Waals surface area contributed by atoms with Crippen molar-refractivity contribution >= 4 is 11.8 Å². The molecule has 0 radical (unpaired) electrons. The Labute approximate surface area is 107 Å². The van der Waals surface area contributed by atoms with Crippen LogP contribution in [0.5, 0.6) is 5.88 Å². The Kier molecular flexibility index (Phi) is 5.90. The number of rotatable bonds is 7. The second-order valence-electron chi connectivity index (χ2n) is 3.62. The van der Waals surface area contributed by atoms with Gasteiger partial charge in [-0.3, -0.25) is 4.79 Å². The first-order valence-electron chi connectivity index (χ1n) is 5.99. The van der Waals surface area contributed by atoms with Crippen molar-refractivity contribution in [3.63, 3.8) is 0 Å². The van der Waals surface area contributed by atoms with E-state index in [0.29, 0.717) is 32.1 Å². The molecule has 0 bridgehead atoms. The van der Waals surface area contributed by atoms with Crippen LogP contribution in [0.1, 0.15) is 20.3 Å². The van der Waals surface area contributed by atoms with Crippen LogP contribution in [0.15, 0.2) is 12.4 Å². The number of nitrogens with zero attached hydrogens (tertiary/aromatic N) is 3. The molecule has 0 unspecified atom stereocenters. The lowest BCUT2D eigenvalue weighted by Gasteiger charge is -2.17. The molecule has 0 fully saturated rings. The van der Waals surface area contributed by atoms with Crippen molar-refractivity contribution in [3.8, 4) is 5.88 Å². The second kappa shape index (κ2) is 7.47. The zero-order chi connectivity index (χ0) is 13.4.